The van der Waals surface area contributed by atoms with E-state index in [1.807, 2.05) is 0 Å². The molecule has 1 aliphatic heterocycles. The number of hydrogen-bond acceptors (Lipinski definition) is 10. The first-order valence-electron chi connectivity index (χ1n) is 21.1. The molecule has 15 heteroatoms. The zero-order chi connectivity index (χ0) is 41.6. The highest BCUT2D eigenvalue weighted by molar-refractivity contribution is 6.12. The van der Waals surface area contributed by atoms with Gasteiger partial charge in [0.15, 0.2) is 0 Å². The fourth-order valence-electron chi connectivity index (χ4n) is 12.7. The van der Waals surface area contributed by atoms with Gasteiger partial charge in [0.05, 0.1) is 43.1 Å². The van der Waals surface area contributed by atoms with Crippen LogP contribution in [0.4, 0.5) is 0 Å². The molecule has 2 amide bonds. The molecule has 306 valence electrons. The van der Waals surface area contributed by atoms with Crippen LogP contribution in [0.1, 0.15) is 51.4 Å². The van der Waals surface area contributed by atoms with Gasteiger partial charge in [0.2, 0.25) is 0 Å². The van der Waals surface area contributed by atoms with E-state index in [1.54, 1.807) is 0 Å². The predicted octanol–water partition coefficient (Wildman–Crippen LogP) is 1.41. The highest BCUT2D eigenvalue weighted by Crippen LogP contribution is 2.62. The Balaban J connectivity index is 0.823. The van der Waals surface area contributed by atoms with Crippen molar-refractivity contribution in [3.63, 3.8) is 0 Å². The third kappa shape index (κ3) is 5.13. The average Bonchev–Trinajstić information content (AvgIpc) is 4.12. The highest BCUT2D eigenvalue weighted by Gasteiger charge is 2.56. The summed E-state index contributed by atoms with van der Waals surface area (Å²) in [5, 5.41) is 0.969. The zero-order valence-corrected chi connectivity index (χ0v) is 32.9. The van der Waals surface area contributed by atoms with Crippen LogP contribution >= 0.6 is 0 Å². The minimum absolute atomic E-state index is 0.0723. The SMILES string of the molecule is Cn1c(=O)c2cc3c(=O)n(CC4CC5C6CC(Cn7c(=O)c8cc9c(=O)n(CC%10CCCCC%10CN%10C(=O)C=CC%10=O)c(=O)c9cc8c7=O)C(C6)C5C4)c(=O)c3cc2c1=O. The molecule has 2 aromatic carbocycles. The summed E-state index contributed by atoms with van der Waals surface area (Å²) in [6, 6.07) is 5.55. The van der Waals surface area contributed by atoms with Gasteiger partial charge in [0.25, 0.3) is 56.3 Å². The molecule has 11 rings (SSSR count). The number of nitrogens with zero attached hydrogens (tertiary/aromatic N) is 5. The number of rotatable bonds is 8. The van der Waals surface area contributed by atoms with Gasteiger partial charge in [0, 0.05) is 45.4 Å². The van der Waals surface area contributed by atoms with Crippen molar-refractivity contribution in [2.75, 3.05) is 6.54 Å². The van der Waals surface area contributed by atoms with Crippen LogP contribution in [0.25, 0.3) is 43.1 Å². The van der Waals surface area contributed by atoms with Gasteiger partial charge in [-0.15, -0.1) is 0 Å². The second-order valence-corrected chi connectivity index (χ2v) is 18.5. The van der Waals surface area contributed by atoms with E-state index >= 15 is 0 Å². The lowest BCUT2D eigenvalue weighted by atomic mass is 9.75. The molecular formula is C45H41N5O10. The van der Waals surface area contributed by atoms with Crippen LogP contribution in [-0.2, 0) is 36.3 Å². The third-order valence-electron chi connectivity index (χ3n) is 15.6. The molecular weight excluding hydrogens is 771 g/mol. The van der Waals surface area contributed by atoms with Gasteiger partial charge in [-0.05, 0) is 110 Å². The Bertz CT molecular complexity index is 3210. The molecule has 0 radical (unpaired) electrons. The summed E-state index contributed by atoms with van der Waals surface area (Å²) >= 11 is 0. The van der Waals surface area contributed by atoms with E-state index in [0.29, 0.717) is 17.8 Å². The van der Waals surface area contributed by atoms with Crippen molar-refractivity contribution in [2.24, 2.45) is 54.4 Å². The summed E-state index contributed by atoms with van der Waals surface area (Å²) in [7, 11) is 1.37. The molecule has 8 atom stereocenters. The lowest BCUT2D eigenvalue weighted by Crippen LogP contribution is -2.41. The van der Waals surface area contributed by atoms with Gasteiger partial charge in [0.1, 0.15) is 0 Å². The number of benzene rings is 2. The standard InChI is InChI=1S/C45H41N5O10/c1-46-38(53)28-12-30-31(13-29(28)39(46)54)41(56)48(40(30)55)16-20-8-25-23-10-24(26(11-23)27(25)9-20)19-50-44(59)34-14-32-33(15-35(34)45(50)60)43(58)49(42(32)57)18-22-5-3-2-4-21(22)17-47-36(51)6-7-37(47)52/h6-7,12-15,20-27H,2-5,8-11,16-19H2,1H3. The maximum Gasteiger partial charge on any atom is 0.261 e. The van der Waals surface area contributed by atoms with Crippen molar-refractivity contribution >= 4 is 54.9 Å². The predicted molar refractivity (Wildman–Crippen MR) is 221 cm³/mol. The number of carbonyl (C=O) groups excluding carboxylic acids is 2. The number of fused-ring (bicyclic) bond motifs is 9. The molecule has 4 saturated carbocycles. The first kappa shape index (κ1) is 36.9. The van der Waals surface area contributed by atoms with Crippen LogP contribution in [-0.4, -0.2) is 41.5 Å². The average molecular weight is 812 g/mol. The molecule has 4 fully saturated rings. The van der Waals surface area contributed by atoms with Crippen LogP contribution in [0.15, 0.2) is 74.8 Å². The zero-order valence-electron chi connectivity index (χ0n) is 32.9. The topological polar surface area (TPSA) is 194 Å². The molecule has 15 nitrogen and oxygen atoms in total. The van der Waals surface area contributed by atoms with Gasteiger partial charge >= 0.3 is 0 Å². The van der Waals surface area contributed by atoms with Crippen molar-refractivity contribution < 1.29 is 9.59 Å². The first-order valence-corrected chi connectivity index (χ1v) is 21.1. The summed E-state index contributed by atoms with van der Waals surface area (Å²) in [5.41, 5.74) is -3.92. The van der Waals surface area contributed by atoms with E-state index in [4.69, 9.17) is 0 Å². The Kier molecular flexibility index (Phi) is 7.96. The van der Waals surface area contributed by atoms with Crippen molar-refractivity contribution in [3.05, 3.63) is 119 Å². The van der Waals surface area contributed by atoms with Gasteiger partial charge < -0.3 is 0 Å². The molecule has 8 unspecified atom stereocenters. The Hall–Kier alpha value is -6.12. The number of amides is 2. The molecule has 0 N–H and O–H groups in total. The Morgan fingerprint density at radius 1 is 0.433 bits per heavy atom. The molecule has 2 bridgehead atoms. The van der Waals surface area contributed by atoms with E-state index in [9.17, 15) is 47.9 Å². The maximum atomic E-state index is 13.9. The molecule has 5 heterocycles. The normalized spacial score (nSPS) is 27.6. The van der Waals surface area contributed by atoms with E-state index in [2.05, 4.69) is 0 Å². The Morgan fingerprint density at radius 2 is 0.833 bits per heavy atom. The van der Waals surface area contributed by atoms with Crippen molar-refractivity contribution in [2.45, 2.75) is 71.0 Å². The van der Waals surface area contributed by atoms with Crippen molar-refractivity contribution in [1.82, 2.24) is 23.2 Å². The molecule has 0 spiro atoms. The Labute approximate surface area is 338 Å². The molecule has 6 aromatic rings. The summed E-state index contributed by atoms with van der Waals surface area (Å²) in [5.74, 6) is 0.618. The quantitative estimate of drug-likeness (QED) is 0.203. The summed E-state index contributed by atoms with van der Waals surface area (Å²) in [6.45, 7) is 0.820. The lowest BCUT2D eigenvalue weighted by Gasteiger charge is -2.33. The monoisotopic (exact) mass is 811 g/mol. The third-order valence-corrected chi connectivity index (χ3v) is 15.6. The summed E-state index contributed by atoms with van der Waals surface area (Å²) in [4.78, 5) is 133. The summed E-state index contributed by atoms with van der Waals surface area (Å²) < 4.78 is 4.68. The van der Waals surface area contributed by atoms with E-state index in [1.165, 1.54) is 62.1 Å². The van der Waals surface area contributed by atoms with Crippen LogP contribution < -0.4 is 44.5 Å². The van der Waals surface area contributed by atoms with Crippen LogP contribution in [0.2, 0.25) is 0 Å². The Morgan fingerprint density at radius 3 is 1.32 bits per heavy atom. The minimum Gasteiger partial charge on any atom is -0.277 e. The minimum atomic E-state index is -0.520. The lowest BCUT2D eigenvalue weighted by molar-refractivity contribution is -0.138. The van der Waals surface area contributed by atoms with Gasteiger partial charge in [-0.2, -0.15) is 0 Å². The highest BCUT2D eigenvalue weighted by atomic mass is 16.2. The fourth-order valence-corrected chi connectivity index (χ4v) is 12.7. The maximum absolute atomic E-state index is 13.9. The molecule has 4 aliphatic carbocycles. The number of hydrogen-bond donors (Lipinski definition) is 0. The number of carbonyl (C=O) groups is 2. The van der Waals surface area contributed by atoms with Gasteiger partial charge in [-0.3, -0.25) is 71.1 Å². The largest absolute Gasteiger partial charge is 0.277 e. The molecule has 60 heavy (non-hydrogen) atoms. The smallest absolute Gasteiger partial charge is 0.261 e. The first-order chi connectivity index (χ1) is 28.8. The van der Waals surface area contributed by atoms with Crippen LogP contribution in [0.5, 0.6) is 0 Å². The summed E-state index contributed by atoms with van der Waals surface area (Å²) in [6.07, 6.45) is 9.30. The van der Waals surface area contributed by atoms with E-state index < -0.39 is 44.5 Å². The van der Waals surface area contributed by atoms with Crippen molar-refractivity contribution in [1.29, 1.82) is 0 Å². The van der Waals surface area contributed by atoms with E-state index in [-0.39, 0.29) is 111 Å². The van der Waals surface area contributed by atoms with Gasteiger partial charge in [-0.1, -0.05) is 12.8 Å². The number of imide groups is 1. The second kappa shape index (κ2) is 12.9. The van der Waals surface area contributed by atoms with Crippen LogP contribution in [0.3, 0.4) is 0 Å². The molecule has 5 aliphatic rings. The fraction of sp³-hybridized carbons (Fsp3) is 0.467. The van der Waals surface area contributed by atoms with Crippen molar-refractivity contribution in [3.8, 4) is 0 Å². The molecule has 4 aromatic heterocycles. The number of aromatic nitrogens is 4. The second-order valence-electron chi connectivity index (χ2n) is 18.5. The molecule has 0 saturated heterocycles. The van der Waals surface area contributed by atoms with Gasteiger partial charge in [-0.25, -0.2) is 0 Å². The van der Waals surface area contributed by atoms with Crippen LogP contribution in [0, 0.1) is 47.3 Å². The van der Waals surface area contributed by atoms with E-state index in [0.717, 1.165) is 55.9 Å².